The van der Waals surface area contributed by atoms with Gasteiger partial charge in [0.1, 0.15) is 5.00 Å². The number of hydrogen-bond donors (Lipinski definition) is 3. The van der Waals surface area contributed by atoms with Crippen LogP contribution in [-0.4, -0.2) is 44.5 Å². The van der Waals surface area contributed by atoms with Crippen LogP contribution in [0.15, 0.2) is 35.7 Å². The Balaban J connectivity index is 1.52. The van der Waals surface area contributed by atoms with Gasteiger partial charge in [-0.25, -0.2) is 0 Å². The van der Waals surface area contributed by atoms with Gasteiger partial charge in [-0.1, -0.05) is 18.2 Å². The molecule has 1 aromatic carbocycles. The molecule has 1 aliphatic rings. The Morgan fingerprint density at radius 3 is 2.64 bits per heavy atom. The average Bonchev–Trinajstić information content (AvgIpc) is 3.04. The number of nitrogens with one attached hydrogen (secondary N) is 2. The van der Waals surface area contributed by atoms with Crippen molar-refractivity contribution in [2.45, 2.75) is 6.92 Å². The summed E-state index contributed by atoms with van der Waals surface area (Å²) in [5.41, 5.74) is 8.23. The molecule has 0 saturated carbocycles. The van der Waals surface area contributed by atoms with Gasteiger partial charge in [0.2, 0.25) is 0 Å². The number of anilines is 2. The summed E-state index contributed by atoms with van der Waals surface area (Å²) in [5, 5.41) is 5.11. The van der Waals surface area contributed by atoms with Crippen molar-refractivity contribution in [2.75, 3.05) is 42.9 Å². The molecule has 6 nitrogen and oxygen atoms in total. The first kappa shape index (κ1) is 17.4. The van der Waals surface area contributed by atoms with Gasteiger partial charge in [0.25, 0.3) is 11.8 Å². The van der Waals surface area contributed by atoms with E-state index in [0.29, 0.717) is 17.1 Å². The Hall–Kier alpha value is -2.38. The van der Waals surface area contributed by atoms with Gasteiger partial charge in [0.05, 0.1) is 31.7 Å². The lowest BCUT2D eigenvalue weighted by Crippen LogP contribution is -3.15. The summed E-state index contributed by atoms with van der Waals surface area (Å²) in [7, 11) is 0. The number of hydrogen-bond acceptors (Lipinski definition) is 4. The second-order valence-electron chi connectivity index (χ2n) is 6.28. The van der Waals surface area contributed by atoms with Crippen molar-refractivity contribution in [2.24, 2.45) is 5.73 Å². The first-order valence-corrected chi connectivity index (χ1v) is 9.24. The molecule has 2 heterocycles. The molecule has 3 rings (SSSR count). The van der Waals surface area contributed by atoms with Crippen LogP contribution >= 0.6 is 11.3 Å². The molecule has 0 radical (unpaired) electrons. The van der Waals surface area contributed by atoms with Gasteiger partial charge in [0, 0.05) is 5.69 Å². The Morgan fingerprint density at radius 2 is 1.96 bits per heavy atom. The highest BCUT2D eigenvalue weighted by Gasteiger charge is 2.23. The Labute approximate surface area is 151 Å². The number of aryl methyl sites for hydroxylation is 1. The zero-order valence-corrected chi connectivity index (χ0v) is 15.1. The third-order valence-electron chi connectivity index (χ3n) is 4.52. The third kappa shape index (κ3) is 4.18. The second kappa shape index (κ2) is 7.67. The van der Waals surface area contributed by atoms with Gasteiger partial charge in [0.15, 0.2) is 6.54 Å². The fourth-order valence-corrected chi connectivity index (χ4v) is 3.97. The lowest BCUT2D eigenvalue weighted by Gasteiger charge is -2.34. The number of primary amides is 1. The highest BCUT2D eigenvalue weighted by Crippen LogP contribution is 2.22. The lowest BCUT2D eigenvalue weighted by atomic mass is 10.1. The lowest BCUT2D eigenvalue weighted by molar-refractivity contribution is -0.892. The third-order valence-corrected chi connectivity index (χ3v) is 5.35. The van der Waals surface area contributed by atoms with Gasteiger partial charge in [-0.3, -0.25) is 9.59 Å². The minimum absolute atomic E-state index is 0.0794. The van der Waals surface area contributed by atoms with Gasteiger partial charge in [-0.05, 0) is 30.0 Å². The minimum Gasteiger partial charge on any atom is -0.366 e. The zero-order chi connectivity index (χ0) is 17.8. The summed E-state index contributed by atoms with van der Waals surface area (Å²) in [4.78, 5) is 27.2. The molecule has 1 saturated heterocycles. The SMILES string of the molecule is Cc1ccccc1N1CC[NH+](CC(=O)Nc2sccc2C(N)=O)CC1. The molecule has 0 unspecified atom stereocenters. The molecule has 2 amide bonds. The van der Waals surface area contributed by atoms with Gasteiger partial charge in [-0.15, -0.1) is 11.3 Å². The van der Waals surface area contributed by atoms with Gasteiger partial charge in [-0.2, -0.15) is 0 Å². The smallest absolute Gasteiger partial charge is 0.280 e. The van der Waals surface area contributed by atoms with Crippen molar-refractivity contribution in [1.82, 2.24) is 0 Å². The van der Waals surface area contributed by atoms with Crippen LogP contribution in [0.1, 0.15) is 15.9 Å². The number of carbonyl (C=O) groups is 2. The first-order chi connectivity index (χ1) is 12.0. The summed E-state index contributed by atoms with van der Waals surface area (Å²) in [6.45, 7) is 6.21. The summed E-state index contributed by atoms with van der Waals surface area (Å²) >= 11 is 1.32. The molecule has 0 bridgehead atoms. The van der Waals surface area contributed by atoms with Crippen LogP contribution in [0.4, 0.5) is 10.7 Å². The number of piperazine rings is 1. The maximum atomic E-state index is 12.3. The fraction of sp³-hybridized carbons (Fsp3) is 0.333. The average molecular weight is 359 g/mol. The van der Waals surface area contributed by atoms with E-state index in [2.05, 4.69) is 41.4 Å². The molecule has 1 aromatic heterocycles. The fourth-order valence-electron chi connectivity index (χ4n) is 3.16. The Morgan fingerprint density at radius 1 is 1.24 bits per heavy atom. The Kier molecular flexibility index (Phi) is 5.35. The van der Waals surface area contributed by atoms with Crippen molar-refractivity contribution in [3.63, 3.8) is 0 Å². The van der Waals surface area contributed by atoms with Crippen molar-refractivity contribution in [1.29, 1.82) is 0 Å². The summed E-state index contributed by atoms with van der Waals surface area (Å²) < 4.78 is 0. The number of thiophene rings is 1. The predicted octanol–water partition coefficient (Wildman–Crippen LogP) is 0.499. The molecule has 1 fully saturated rings. The van der Waals surface area contributed by atoms with Crippen LogP contribution in [0.25, 0.3) is 0 Å². The molecule has 4 N–H and O–H groups in total. The number of quaternary nitrogens is 1. The zero-order valence-electron chi connectivity index (χ0n) is 14.2. The van der Waals surface area contributed by atoms with E-state index < -0.39 is 5.91 Å². The van der Waals surface area contributed by atoms with E-state index >= 15 is 0 Å². The normalized spacial score (nSPS) is 15.2. The monoisotopic (exact) mass is 359 g/mol. The maximum absolute atomic E-state index is 12.3. The van der Waals surface area contributed by atoms with Gasteiger partial charge >= 0.3 is 0 Å². The highest BCUT2D eigenvalue weighted by atomic mass is 32.1. The van der Waals surface area contributed by atoms with E-state index in [9.17, 15) is 9.59 Å². The van der Waals surface area contributed by atoms with E-state index in [1.54, 1.807) is 11.4 Å². The molecule has 0 spiro atoms. The molecule has 2 aromatic rings. The Bertz CT molecular complexity index is 766. The molecule has 25 heavy (non-hydrogen) atoms. The maximum Gasteiger partial charge on any atom is 0.280 e. The van der Waals surface area contributed by atoms with E-state index in [4.69, 9.17) is 5.73 Å². The van der Waals surface area contributed by atoms with Crippen molar-refractivity contribution >= 4 is 33.8 Å². The number of rotatable bonds is 5. The summed E-state index contributed by atoms with van der Waals surface area (Å²) in [5.74, 6) is -0.597. The summed E-state index contributed by atoms with van der Waals surface area (Å²) in [6.07, 6.45) is 0. The largest absolute Gasteiger partial charge is 0.366 e. The highest BCUT2D eigenvalue weighted by molar-refractivity contribution is 7.14. The number of para-hydroxylation sites is 1. The topological polar surface area (TPSA) is 79.9 Å². The second-order valence-corrected chi connectivity index (χ2v) is 7.19. The number of amides is 2. The van der Waals surface area contributed by atoms with E-state index in [0.717, 1.165) is 26.2 Å². The van der Waals surface area contributed by atoms with Crippen molar-refractivity contribution < 1.29 is 14.5 Å². The number of benzene rings is 1. The minimum atomic E-state index is -0.518. The van der Waals surface area contributed by atoms with E-state index in [1.165, 1.54) is 27.5 Å². The van der Waals surface area contributed by atoms with Crippen LogP contribution < -0.4 is 20.9 Å². The molecular formula is C18H23N4O2S+. The van der Waals surface area contributed by atoms with Gasteiger partial charge < -0.3 is 20.9 Å². The van der Waals surface area contributed by atoms with Crippen molar-refractivity contribution in [3.8, 4) is 0 Å². The molecule has 132 valence electrons. The van der Waals surface area contributed by atoms with Crippen LogP contribution in [-0.2, 0) is 4.79 Å². The van der Waals surface area contributed by atoms with Crippen LogP contribution in [0.3, 0.4) is 0 Å². The molecule has 1 aliphatic heterocycles. The van der Waals surface area contributed by atoms with E-state index in [-0.39, 0.29) is 5.91 Å². The summed E-state index contributed by atoms with van der Waals surface area (Å²) in [6, 6.07) is 10.0. The number of carbonyl (C=O) groups excluding carboxylic acids is 2. The number of nitrogens with zero attached hydrogens (tertiary/aromatic N) is 1. The molecule has 0 aliphatic carbocycles. The standard InChI is InChI=1S/C18H22N4O2S/c1-13-4-2-3-5-15(13)22-9-7-21(8-10-22)12-16(23)20-18-14(17(19)24)6-11-25-18/h2-6,11H,7-10,12H2,1H3,(H2,19,24)(H,20,23)/p+1. The van der Waals surface area contributed by atoms with Crippen LogP contribution in [0.5, 0.6) is 0 Å². The van der Waals surface area contributed by atoms with Crippen molar-refractivity contribution in [3.05, 3.63) is 46.8 Å². The first-order valence-electron chi connectivity index (χ1n) is 8.36. The molecule has 7 heteroatoms. The van der Waals surface area contributed by atoms with E-state index in [1.807, 2.05) is 0 Å². The van der Waals surface area contributed by atoms with Crippen LogP contribution in [0, 0.1) is 6.92 Å². The molecule has 0 atom stereocenters. The van der Waals surface area contributed by atoms with Crippen LogP contribution in [0.2, 0.25) is 0 Å². The number of nitrogens with two attached hydrogens (primary N) is 1. The predicted molar refractivity (Wildman–Crippen MR) is 100 cm³/mol. The quantitative estimate of drug-likeness (QED) is 0.727. The molecular weight excluding hydrogens is 336 g/mol.